The third kappa shape index (κ3) is 5.12. The van der Waals surface area contributed by atoms with E-state index in [0.29, 0.717) is 42.1 Å². The number of carbonyl (C=O) groups excluding carboxylic acids is 3. The van der Waals surface area contributed by atoms with Crippen molar-refractivity contribution in [3.05, 3.63) is 58.6 Å². The molecule has 0 saturated carbocycles. The second kappa shape index (κ2) is 10.1. The fraction of sp³-hybridized carbons (Fsp3) is 0.375. The molecule has 0 bridgehead atoms. The van der Waals surface area contributed by atoms with Gasteiger partial charge in [-0.2, -0.15) is 0 Å². The highest BCUT2D eigenvalue weighted by atomic mass is 35.5. The van der Waals surface area contributed by atoms with Crippen LogP contribution in [-0.2, 0) is 16.0 Å². The van der Waals surface area contributed by atoms with Crippen molar-refractivity contribution in [1.82, 2.24) is 15.5 Å². The molecule has 4 rings (SSSR count). The summed E-state index contributed by atoms with van der Waals surface area (Å²) < 4.78 is 5.38. The number of methoxy groups -OCH3 is 1. The van der Waals surface area contributed by atoms with Crippen LogP contribution in [0.5, 0.6) is 5.75 Å². The second-order valence-corrected chi connectivity index (χ2v) is 9.52. The molecule has 7 nitrogen and oxygen atoms in total. The predicted octanol–water partition coefficient (Wildman–Crippen LogP) is 2.90. The van der Waals surface area contributed by atoms with Crippen LogP contribution >= 0.6 is 23.4 Å². The molecule has 3 amide bonds. The molecule has 3 atom stereocenters. The number of thioether (sulfide) groups is 1. The molecule has 2 aliphatic rings. The highest BCUT2D eigenvalue weighted by molar-refractivity contribution is 7.98. The highest BCUT2D eigenvalue weighted by Gasteiger charge is 2.44. The zero-order valence-corrected chi connectivity index (χ0v) is 20.0. The van der Waals surface area contributed by atoms with E-state index in [9.17, 15) is 14.4 Å². The van der Waals surface area contributed by atoms with Gasteiger partial charge < -0.3 is 20.3 Å². The van der Waals surface area contributed by atoms with Gasteiger partial charge >= 0.3 is 0 Å². The Bertz CT molecular complexity index is 1060. The lowest BCUT2D eigenvalue weighted by atomic mass is 9.91. The summed E-state index contributed by atoms with van der Waals surface area (Å²) in [6.45, 7) is 0.418. The van der Waals surface area contributed by atoms with E-state index >= 15 is 0 Å². The quantitative estimate of drug-likeness (QED) is 0.612. The molecule has 33 heavy (non-hydrogen) atoms. The average Bonchev–Trinajstić information content (AvgIpc) is 2.83. The number of hydrogen-bond acceptors (Lipinski definition) is 5. The van der Waals surface area contributed by atoms with Crippen molar-refractivity contribution in [2.75, 3.05) is 19.9 Å². The second-order valence-electron chi connectivity index (χ2n) is 8.20. The van der Waals surface area contributed by atoms with E-state index in [1.54, 1.807) is 34.9 Å². The topological polar surface area (TPSA) is 87.7 Å². The molecule has 174 valence electrons. The summed E-state index contributed by atoms with van der Waals surface area (Å²) >= 11 is 7.50. The first-order valence-electron chi connectivity index (χ1n) is 10.8. The maximum Gasteiger partial charge on any atom is 0.255 e. The fourth-order valence-corrected chi connectivity index (χ4v) is 4.94. The standard InChI is InChI=1S/C24H26ClN3O4S/c1-32-21-13-17(33-2)7-8-18(21)22(29)26-16-9-10-28-20(12-16)23(30)27-19(24(28)31)11-14-3-5-15(25)6-4-14/h3-8,13,16,19-20H,9-12H2,1-2H3,(H,26,29)(H,27,30). The summed E-state index contributed by atoms with van der Waals surface area (Å²) in [5, 5.41) is 6.51. The summed E-state index contributed by atoms with van der Waals surface area (Å²) in [6, 6.07) is 11.3. The maximum atomic E-state index is 13.1. The lowest BCUT2D eigenvalue weighted by molar-refractivity contribution is -0.151. The van der Waals surface area contributed by atoms with E-state index < -0.39 is 12.1 Å². The van der Waals surface area contributed by atoms with Gasteiger partial charge in [0.05, 0.1) is 12.7 Å². The number of rotatable bonds is 6. The Morgan fingerprint density at radius 3 is 2.70 bits per heavy atom. The fourth-order valence-electron chi connectivity index (χ4n) is 4.38. The van der Waals surface area contributed by atoms with Crippen LogP contribution in [-0.4, -0.2) is 60.7 Å². The Morgan fingerprint density at radius 1 is 1.24 bits per heavy atom. The number of nitrogens with one attached hydrogen (secondary N) is 2. The van der Waals surface area contributed by atoms with Gasteiger partial charge in [0.1, 0.15) is 17.8 Å². The Labute approximate surface area is 202 Å². The van der Waals surface area contributed by atoms with Crippen LogP contribution < -0.4 is 15.4 Å². The van der Waals surface area contributed by atoms with E-state index in [1.165, 1.54) is 7.11 Å². The molecule has 2 heterocycles. The van der Waals surface area contributed by atoms with Crippen molar-refractivity contribution in [2.24, 2.45) is 0 Å². The first-order chi connectivity index (χ1) is 15.9. The summed E-state index contributed by atoms with van der Waals surface area (Å²) in [7, 11) is 1.53. The maximum absolute atomic E-state index is 13.1. The number of hydrogen-bond donors (Lipinski definition) is 2. The Kier molecular flexibility index (Phi) is 7.14. The van der Waals surface area contributed by atoms with E-state index in [4.69, 9.17) is 16.3 Å². The number of amides is 3. The van der Waals surface area contributed by atoms with E-state index in [1.807, 2.05) is 30.5 Å². The van der Waals surface area contributed by atoms with Gasteiger partial charge in [-0.15, -0.1) is 11.8 Å². The van der Waals surface area contributed by atoms with Crippen molar-refractivity contribution in [2.45, 2.75) is 42.3 Å². The molecule has 2 fully saturated rings. The molecule has 3 unspecified atom stereocenters. The van der Waals surface area contributed by atoms with Crippen molar-refractivity contribution in [3.8, 4) is 5.75 Å². The van der Waals surface area contributed by atoms with Gasteiger partial charge in [0, 0.05) is 28.9 Å². The minimum absolute atomic E-state index is 0.0892. The lowest BCUT2D eigenvalue weighted by Crippen LogP contribution is -2.67. The summed E-state index contributed by atoms with van der Waals surface area (Å²) in [5.74, 6) is -0.0170. The zero-order chi connectivity index (χ0) is 23.5. The Morgan fingerprint density at radius 2 is 2.00 bits per heavy atom. The number of carbonyl (C=O) groups is 3. The normalized spacial score (nSPS) is 22.4. The van der Waals surface area contributed by atoms with Crippen LogP contribution in [0, 0.1) is 0 Å². The minimum Gasteiger partial charge on any atom is -0.496 e. The van der Waals surface area contributed by atoms with E-state index in [-0.39, 0.29) is 23.8 Å². The van der Waals surface area contributed by atoms with E-state index in [0.717, 1.165) is 10.5 Å². The van der Waals surface area contributed by atoms with Crippen molar-refractivity contribution in [3.63, 3.8) is 0 Å². The smallest absolute Gasteiger partial charge is 0.255 e. The van der Waals surface area contributed by atoms with Crippen LogP contribution in [0.3, 0.4) is 0 Å². The zero-order valence-electron chi connectivity index (χ0n) is 18.5. The van der Waals surface area contributed by atoms with Gasteiger partial charge in [-0.3, -0.25) is 14.4 Å². The predicted molar refractivity (Wildman–Crippen MR) is 128 cm³/mol. The van der Waals surface area contributed by atoms with Gasteiger partial charge in [-0.05, 0) is 55.0 Å². The van der Waals surface area contributed by atoms with Crippen molar-refractivity contribution < 1.29 is 19.1 Å². The van der Waals surface area contributed by atoms with Gasteiger partial charge in [0.25, 0.3) is 5.91 Å². The lowest BCUT2D eigenvalue weighted by Gasteiger charge is -2.44. The molecule has 9 heteroatoms. The van der Waals surface area contributed by atoms with Crippen molar-refractivity contribution in [1.29, 1.82) is 0 Å². The molecule has 2 saturated heterocycles. The Hall–Kier alpha value is -2.71. The molecular weight excluding hydrogens is 462 g/mol. The third-order valence-corrected chi connectivity index (χ3v) is 7.12. The number of benzene rings is 2. The number of piperazine rings is 1. The number of fused-ring (bicyclic) bond motifs is 1. The summed E-state index contributed by atoms with van der Waals surface area (Å²) in [6.07, 6.45) is 3.33. The van der Waals surface area contributed by atoms with E-state index in [2.05, 4.69) is 10.6 Å². The monoisotopic (exact) mass is 487 g/mol. The van der Waals surface area contributed by atoms with Gasteiger partial charge in [0.2, 0.25) is 11.8 Å². The number of ether oxygens (including phenoxy) is 1. The first-order valence-corrected chi connectivity index (χ1v) is 12.4. The van der Waals surface area contributed by atoms with Crippen LogP contribution in [0.1, 0.15) is 28.8 Å². The highest BCUT2D eigenvalue weighted by Crippen LogP contribution is 2.27. The first kappa shape index (κ1) is 23.4. The molecule has 0 radical (unpaired) electrons. The molecule has 2 aromatic rings. The molecule has 2 aliphatic heterocycles. The SMILES string of the molecule is COc1cc(SC)ccc1C(=O)NC1CCN2C(=O)C(Cc3ccc(Cl)cc3)NC(=O)C2C1. The number of piperidine rings is 1. The third-order valence-electron chi connectivity index (χ3n) is 6.14. The van der Waals surface area contributed by atoms with Crippen molar-refractivity contribution >= 4 is 41.1 Å². The van der Waals surface area contributed by atoms with Gasteiger partial charge in [0.15, 0.2) is 0 Å². The van der Waals surface area contributed by atoms with Crippen LogP contribution in [0.15, 0.2) is 47.4 Å². The average molecular weight is 488 g/mol. The minimum atomic E-state index is -0.597. The molecule has 2 aromatic carbocycles. The van der Waals surface area contributed by atoms with Crippen LogP contribution in [0.2, 0.25) is 5.02 Å². The summed E-state index contributed by atoms with van der Waals surface area (Å²) in [4.78, 5) is 41.4. The molecule has 0 aromatic heterocycles. The van der Waals surface area contributed by atoms with Crippen LogP contribution in [0.4, 0.5) is 0 Å². The Balaban J connectivity index is 1.40. The molecule has 0 spiro atoms. The number of nitrogens with zero attached hydrogens (tertiary/aromatic N) is 1. The molecule has 0 aliphatic carbocycles. The molecule has 2 N–H and O–H groups in total. The largest absolute Gasteiger partial charge is 0.496 e. The van der Waals surface area contributed by atoms with Gasteiger partial charge in [-0.1, -0.05) is 23.7 Å². The molecular formula is C24H26ClN3O4S. The summed E-state index contributed by atoms with van der Waals surface area (Å²) in [5.41, 5.74) is 1.38. The van der Waals surface area contributed by atoms with Gasteiger partial charge in [-0.25, -0.2) is 0 Å². The number of halogens is 1. The van der Waals surface area contributed by atoms with Crippen LogP contribution in [0.25, 0.3) is 0 Å².